The second-order valence-electron chi connectivity index (χ2n) is 4.74. The van der Waals surface area contributed by atoms with Gasteiger partial charge in [-0.3, -0.25) is 9.59 Å². The van der Waals surface area contributed by atoms with Crippen molar-refractivity contribution in [3.8, 4) is 0 Å². The zero-order valence-corrected chi connectivity index (χ0v) is 13.5. The molecule has 1 aliphatic rings. The highest BCUT2D eigenvalue weighted by Crippen LogP contribution is 2.15. The van der Waals surface area contributed by atoms with Crippen molar-refractivity contribution in [2.45, 2.75) is 44.9 Å². The minimum Gasteiger partial charge on any atom is -0.330 e. The summed E-state index contributed by atoms with van der Waals surface area (Å²) in [7, 11) is -2.06. The lowest BCUT2D eigenvalue weighted by Crippen LogP contribution is -2.31. The first-order valence-electron chi connectivity index (χ1n) is 6.70. The number of carbonyl (C=O) groups excluding carboxylic acids is 3. The van der Waals surface area contributed by atoms with Gasteiger partial charge in [0.2, 0.25) is 0 Å². The van der Waals surface area contributed by atoms with E-state index in [0.717, 1.165) is 30.1 Å². The van der Waals surface area contributed by atoms with Crippen molar-refractivity contribution in [1.29, 1.82) is 0 Å². The Balaban J connectivity index is 2.06. The summed E-state index contributed by atoms with van der Waals surface area (Å²) in [5, 5.41) is 0.547. The van der Waals surface area contributed by atoms with Gasteiger partial charge in [-0.05, 0) is 23.6 Å². The number of hydroxylamine groups is 2. The van der Waals surface area contributed by atoms with E-state index in [1.165, 1.54) is 6.26 Å². The van der Waals surface area contributed by atoms with Gasteiger partial charge in [-0.25, -0.2) is 13.2 Å². The van der Waals surface area contributed by atoms with E-state index >= 15 is 0 Å². The van der Waals surface area contributed by atoms with Crippen LogP contribution in [0, 0.1) is 0 Å². The Morgan fingerprint density at radius 3 is 2.29 bits per heavy atom. The Labute approximate surface area is 127 Å². The minimum atomic E-state index is -2.98. The van der Waals surface area contributed by atoms with Crippen molar-refractivity contribution in [2.24, 2.45) is 0 Å². The van der Waals surface area contributed by atoms with E-state index in [4.69, 9.17) is 4.84 Å². The maximum Gasteiger partial charge on any atom is 0.333 e. The minimum absolute atomic E-state index is 0.0874. The Morgan fingerprint density at radius 2 is 1.71 bits per heavy atom. The van der Waals surface area contributed by atoms with E-state index in [9.17, 15) is 22.8 Å². The fraction of sp³-hybridized carbons (Fsp3) is 0.750. The van der Waals surface area contributed by atoms with Crippen LogP contribution in [0.25, 0.3) is 0 Å². The third kappa shape index (κ3) is 7.47. The molecule has 0 aromatic heterocycles. The first kappa shape index (κ1) is 18.0. The normalized spacial score (nSPS) is 15.6. The van der Waals surface area contributed by atoms with E-state index in [1.54, 1.807) is 0 Å². The number of unbranched alkanes of at least 4 members (excludes halogenated alkanes) is 3. The van der Waals surface area contributed by atoms with Gasteiger partial charge in [0.25, 0.3) is 11.8 Å². The predicted octanol–water partition coefficient (Wildman–Crippen LogP) is 1.24. The number of nitrogens with zero attached hydrogens (tertiary/aromatic N) is 1. The van der Waals surface area contributed by atoms with Crippen molar-refractivity contribution in [3.63, 3.8) is 0 Å². The SMILES string of the molecule is CS(=O)(=O)SCCCCCCC(=O)ON1C(=O)CCC1=O. The molecule has 1 saturated heterocycles. The number of hydrogen-bond donors (Lipinski definition) is 0. The van der Waals surface area contributed by atoms with Crippen LogP contribution in [-0.4, -0.2) is 43.3 Å². The number of hydrogen-bond acceptors (Lipinski definition) is 7. The summed E-state index contributed by atoms with van der Waals surface area (Å²) in [6.45, 7) is 0. The Kier molecular flexibility index (Phi) is 7.16. The van der Waals surface area contributed by atoms with Crippen LogP contribution in [0.4, 0.5) is 0 Å². The molecule has 1 fully saturated rings. The van der Waals surface area contributed by atoms with Crippen molar-refractivity contribution < 1.29 is 27.6 Å². The summed E-state index contributed by atoms with van der Waals surface area (Å²) in [6, 6.07) is 0. The molecule has 120 valence electrons. The number of rotatable bonds is 9. The summed E-state index contributed by atoms with van der Waals surface area (Å²) in [5.41, 5.74) is 0. The standard InChI is InChI=1S/C12H19NO6S2/c1-21(17,18)20-9-5-3-2-4-6-12(16)19-13-10(14)7-8-11(13)15/h2-9H2,1H3. The van der Waals surface area contributed by atoms with Gasteiger partial charge in [0.05, 0.1) is 0 Å². The monoisotopic (exact) mass is 337 g/mol. The topological polar surface area (TPSA) is 97.8 Å². The van der Waals surface area contributed by atoms with Gasteiger partial charge in [-0.2, -0.15) is 0 Å². The number of carbonyl (C=O) groups is 3. The molecule has 21 heavy (non-hydrogen) atoms. The first-order chi connectivity index (χ1) is 9.79. The van der Waals surface area contributed by atoms with Gasteiger partial charge in [-0.15, -0.1) is 5.06 Å². The first-order valence-corrected chi connectivity index (χ1v) is 10.1. The highest BCUT2D eigenvalue weighted by atomic mass is 33.1. The number of amides is 2. The van der Waals surface area contributed by atoms with Gasteiger partial charge in [-0.1, -0.05) is 12.8 Å². The average Bonchev–Trinajstić information content (AvgIpc) is 2.68. The lowest BCUT2D eigenvalue weighted by molar-refractivity contribution is -0.197. The van der Waals surface area contributed by atoms with Crippen LogP contribution in [-0.2, 0) is 28.1 Å². The molecule has 0 aromatic carbocycles. The van der Waals surface area contributed by atoms with E-state index < -0.39 is 26.7 Å². The third-order valence-electron chi connectivity index (χ3n) is 2.77. The zero-order valence-electron chi connectivity index (χ0n) is 11.9. The molecule has 2 amide bonds. The molecule has 1 rings (SSSR count). The van der Waals surface area contributed by atoms with Gasteiger partial charge >= 0.3 is 5.97 Å². The van der Waals surface area contributed by atoms with Crippen molar-refractivity contribution in [2.75, 3.05) is 12.0 Å². The van der Waals surface area contributed by atoms with Crippen LogP contribution in [0.15, 0.2) is 0 Å². The summed E-state index contributed by atoms with van der Waals surface area (Å²) < 4.78 is 21.7. The maximum absolute atomic E-state index is 11.5. The zero-order chi connectivity index (χ0) is 15.9. The van der Waals surface area contributed by atoms with E-state index in [2.05, 4.69) is 0 Å². The molecule has 9 heteroatoms. The second kappa shape index (κ2) is 8.38. The molecule has 0 unspecified atom stereocenters. The predicted molar refractivity (Wildman–Crippen MR) is 77.6 cm³/mol. The summed E-state index contributed by atoms with van der Waals surface area (Å²) in [6.07, 6.45) is 4.41. The molecule has 0 aromatic rings. The molecule has 0 radical (unpaired) electrons. The fourth-order valence-electron chi connectivity index (χ4n) is 1.74. The molecule has 0 bridgehead atoms. The van der Waals surface area contributed by atoms with Crippen LogP contribution in [0.3, 0.4) is 0 Å². The maximum atomic E-state index is 11.5. The molecule has 0 spiro atoms. The highest BCUT2D eigenvalue weighted by molar-refractivity contribution is 8.71. The molecule has 7 nitrogen and oxygen atoms in total. The quantitative estimate of drug-likeness (QED) is 0.354. The second-order valence-corrected chi connectivity index (χ2v) is 9.31. The molecular weight excluding hydrogens is 318 g/mol. The Bertz CT molecular complexity index is 486. The Hall–Kier alpha value is -1.09. The van der Waals surface area contributed by atoms with Crippen LogP contribution >= 0.6 is 10.8 Å². The molecular formula is C12H19NO6S2. The van der Waals surface area contributed by atoms with Crippen LogP contribution in [0.2, 0.25) is 0 Å². The van der Waals surface area contributed by atoms with E-state index in [-0.39, 0.29) is 19.3 Å². The number of imide groups is 1. The molecule has 1 heterocycles. The summed E-state index contributed by atoms with van der Waals surface area (Å²) >= 11 is 0. The fourth-order valence-corrected chi connectivity index (χ4v) is 3.63. The van der Waals surface area contributed by atoms with E-state index in [1.807, 2.05) is 0 Å². The lowest BCUT2D eigenvalue weighted by Gasteiger charge is -2.12. The van der Waals surface area contributed by atoms with Gasteiger partial charge in [0, 0.05) is 31.3 Å². The molecule has 1 aliphatic heterocycles. The molecule has 0 aliphatic carbocycles. The van der Waals surface area contributed by atoms with Crippen molar-refractivity contribution in [1.82, 2.24) is 5.06 Å². The lowest BCUT2D eigenvalue weighted by atomic mass is 10.2. The highest BCUT2D eigenvalue weighted by Gasteiger charge is 2.32. The molecule has 0 N–H and O–H groups in total. The van der Waals surface area contributed by atoms with Crippen molar-refractivity contribution >= 4 is 37.4 Å². The average molecular weight is 337 g/mol. The van der Waals surface area contributed by atoms with Crippen LogP contribution < -0.4 is 0 Å². The Morgan fingerprint density at radius 1 is 1.14 bits per heavy atom. The summed E-state index contributed by atoms with van der Waals surface area (Å²) in [4.78, 5) is 38.6. The largest absolute Gasteiger partial charge is 0.333 e. The van der Waals surface area contributed by atoms with Gasteiger partial charge in [0.15, 0.2) is 8.87 Å². The van der Waals surface area contributed by atoms with Crippen LogP contribution in [0.5, 0.6) is 0 Å². The van der Waals surface area contributed by atoms with Crippen LogP contribution in [0.1, 0.15) is 44.9 Å². The van der Waals surface area contributed by atoms with Crippen molar-refractivity contribution in [3.05, 3.63) is 0 Å². The third-order valence-corrected chi connectivity index (χ3v) is 5.44. The smallest absolute Gasteiger partial charge is 0.330 e. The molecule has 0 saturated carbocycles. The van der Waals surface area contributed by atoms with Gasteiger partial charge < -0.3 is 4.84 Å². The van der Waals surface area contributed by atoms with E-state index in [0.29, 0.717) is 17.2 Å². The molecule has 0 atom stereocenters. The summed E-state index contributed by atoms with van der Waals surface area (Å²) in [5.74, 6) is -1.01. The van der Waals surface area contributed by atoms with Gasteiger partial charge in [0.1, 0.15) is 0 Å².